The van der Waals surface area contributed by atoms with E-state index in [9.17, 15) is 4.79 Å². The largest absolute Gasteiger partial charge is 0.497 e. The molecule has 1 fully saturated rings. The molecule has 0 saturated heterocycles. The smallest absolute Gasteiger partial charge is 0.223 e. The molecule has 4 nitrogen and oxygen atoms in total. The first-order valence-electron chi connectivity index (χ1n) is 9.81. The van der Waals surface area contributed by atoms with E-state index >= 15 is 0 Å². The molecule has 2 aromatic rings. The van der Waals surface area contributed by atoms with Gasteiger partial charge < -0.3 is 14.4 Å². The van der Waals surface area contributed by atoms with Crippen molar-refractivity contribution in [3.63, 3.8) is 0 Å². The number of carbonyl (C=O) groups excluding carboxylic acids is 1. The summed E-state index contributed by atoms with van der Waals surface area (Å²) < 4.78 is 10.8. The predicted molar refractivity (Wildman–Crippen MR) is 105 cm³/mol. The molecule has 1 unspecified atom stereocenters. The van der Waals surface area contributed by atoms with Gasteiger partial charge in [0.2, 0.25) is 5.91 Å². The third-order valence-corrected chi connectivity index (χ3v) is 5.76. The van der Waals surface area contributed by atoms with Gasteiger partial charge in [0.25, 0.3) is 0 Å². The zero-order valence-electron chi connectivity index (χ0n) is 16.1. The van der Waals surface area contributed by atoms with Gasteiger partial charge in [-0.3, -0.25) is 4.79 Å². The number of hydrogen-bond donors (Lipinski definition) is 0. The minimum absolute atomic E-state index is 0.244. The van der Waals surface area contributed by atoms with Gasteiger partial charge in [-0.15, -0.1) is 0 Å². The molecule has 2 aromatic carbocycles. The summed E-state index contributed by atoms with van der Waals surface area (Å²) in [6.45, 7) is 0. The molecule has 142 valence electrons. The molecule has 1 saturated carbocycles. The van der Waals surface area contributed by atoms with Crippen LogP contribution in [0.1, 0.15) is 48.4 Å². The van der Waals surface area contributed by atoms with Crippen molar-refractivity contribution >= 4 is 5.91 Å². The van der Waals surface area contributed by atoms with Gasteiger partial charge >= 0.3 is 0 Å². The highest BCUT2D eigenvalue weighted by molar-refractivity contribution is 5.78. The lowest BCUT2D eigenvalue weighted by molar-refractivity contribution is -0.134. The number of rotatable bonds is 7. The summed E-state index contributed by atoms with van der Waals surface area (Å²) in [6, 6.07) is 15.0. The Bertz CT molecular complexity index is 828. The molecule has 1 amide bonds. The number of nitrogens with zero attached hydrogens (tertiary/aromatic N) is 1. The highest BCUT2D eigenvalue weighted by Crippen LogP contribution is 2.42. The average molecular weight is 365 g/mol. The van der Waals surface area contributed by atoms with Gasteiger partial charge in [-0.2, -0.15) is 0 Å². The van der Waals surface area contributed by atoms with E-state index in [0.717, 1.165) is 42.7 Å². The van der Waals surface area contributed by atoms with E-state index in [1.54, 1.807) is 14.2 Å². The molecule has 0 bridgehead atoms. The molecule has 4 rings (SSSR count). The van der Waals surface area contributed by atoms with Crippen LogP contribution in [-0.2, 0) is 17.6 Å². The third-order valence-electron chi connectivity index (χ3n) is 5.76. The van der Waals surface area contributed by atoms with Crippen molar-refractivity contribution in [3.8, 4) is 11.5 Å². The molecule has 0 heterocycles. The van der Waals surface area contributed by atoms with Crippen LogP contribution in [-0.4, -0.2) is 31.1 Å². The molecule has 0 aliphatic heterocycles. The van der Waals surface area contributed by atoms with Crippen LogP contribution in [0.15, 0.2) is 42.5 Å². The average Bonchev–Trinajstić information content (AvgIpc) is 3.45. The van der Waals surface area contributed by atoms with Gasteiger partial charge in [0, 0.05) is 12.5 Å². The second-order valence-electron chi connectivity index (χ2n) is 7.46. The Labute approximate surface area is 161 Å². The zero-order chi connectivity index (χ0) is 18.8. The fraction of sp³-hybridized carbons (Fsp3) is 0.435. The molecule has 0 radical (unpaired) electrons. The Morgan fingerprint density at radius 1 is 1.07 bits per heavy atom. The topological polar surface area (TPSA) is 38.8 Å². The molecule has 2 aliphatic carbocycles. The maximum atomic E-state index is 13.2. The van der Waals surface area contributed by atoms with Crippen LogP contribution in [0.4, 0.5) is 0 Å². The Morgan fingerprint density at radius 3 is 2.63 bits per heavy atom. The number of benzene rings is 2. The summed E-state index contributed by atoms with van der Waals surface area (Å²) in [6.07, 6.45) is 5.54. The maximum absolute atomic E-state index is 13.2. The number of fused-ring (bicyclic) bond motifs is 1. The summed E-state index contributed by atoms with van der Waals surface area (Å²) in [5, 5.41) is 0. The Balaban J connectivity index is 1.50. The molecule has 0 spiro atoms. The van der Waals surface area contributed by atoms with E-state index in [1.165, 1.54) is 11.1 Å². The van der Waals surface area contributed by atoms with Crippen molar-refractivity contribution < 1.29 is 14.3 Å². The van der Waals surface area contributed by atoms with Gasteiger partial charge in [-0.25, -0.2) is 0 Å². The number of methoxy groups -OCH3 is 2. The van der Waals surface area contributed by atoms with E-state index < -0.39 is 0 Å². The molecule has 4 heteroatoms. The summed E-state index contributed by atoms with van der Waals surface area (Å²) in [5.41, 5.74) is 3.76. The van der Waals surface area contributed by atoms with Crippen molar-refractivity contribution in [2.45, 2.75) is 50.6 Å². The number of aryl methyl sites for hydroxylation is 2. The number of amides is 1. The van der Waals surface area contributed by atoms with Crippen LogP contribution in [0.5, 0.6) is 11.5 Å². The molecular weight excluding hydrogens is 338 g/mol. The molecule has 2 aliphatic rings. The molecule has 1 atom stereocenters. The minimum Gasteiger partial charge on any atom is -0.497 e. The van der Waals surface area contributed by atoms with Crippen LogP contribution in [0.2, 0.25) is 0 Å². The summed E-state index contributed by atoms with van der Waals surface area (Å²) >= 11 is 0. The lowest BCUT2D eigenvalue weighted by Crippen LogP contribution is -2.36. The van der Waals surface area contributed by atoms with Crippen LogP contribution in [0.3, 0.4) is 0 Å². The molecule has 0 N–H and O–H groups in total. The number of carbonyl (C=O) groups is 1. The van der Waals surface area contributed by atoms with Gasteiger partial charge in [0.05, 0.1) is 20.3 Å². The third kappa shape index (κ3) is 3.66. The lowest BCUT2D eigenvalue weighted by atomic mass is 10.0. The Hall–Kier alpha value is -2.49. The second-order valence-corrected chi connectivity index (χ2v) is 7.46. The van der Waals surface area contributed by atoms with Gasteiger partial charge in [-0.05, 0) is 67.0 Å². The number of hydrogen-bond acceptors (Lipinski definition) is 3. The Morgan fingerprint density at radius 2 is 1.89 bits per heavy atom. The zero-order valence-corrected chi connectivity index (χ0v) is 16.1. The van der Waals surface area contributed by atoms with Gasteiger partial charge in [0.15, 0.2) is 0 Å². The highest BCUT2D eigenvalue weighted by Gasteiger charge is 2.39. The van der Waals surface area contributed by atoms with E-state index in [0.29, 0.717) is 18.9 Å². The van der Waals surface area contributed by atoms with Crippen molar-refractivity contribution in [2.75, 3.05) is 14.2 Å². The van der Waals surface area contributed by atoms with E-state index in [1.807, 2.05) is 18.2 Å². The summed E-state index contributed by atoms with van der Waals surface area (Å²) in [4.78, 5) is 15.4. The van der Waals surface area contributed by atoms with Crippen LogP contribution < -0.4 is 9.47 Å². The van der Waals surface area contributed by atoms with Crippen molar-refractivity contribution in [3.05, 3.63) is 59.2 Å². The Kier molecular flexibility index (Phi) is 5.06. The summed E-state index contributed by atoms with van der Waals surface area (Å²) in [7, 11) is 3.32. The van der Waals surface area contributed by atoms with Crippen LogP contribution >= 0.6 is 0 Å². The van der Waals surface area contributed by atoms with Crippen molar-refractivity contribution in [2.24, 2.45) is 0 Å². The van der Waals surface area contributed by atoms with Crippen molar-refractivity contribution in [1.29, 1.82) is 0 Å². The predicted octanol–water partition coefficient (Wildman–Crippen LogP) is 4.31. The minimum atomic E-state index is 0.244. The van der Waals surface area contributed by atoms with E-state index in [2.05, 4.69) is 29.2 Å². The van der Waals surface area contributed by atoms with Crippen molar-refractivity contribution in [1.82, 2.24) is 4.90 Å². The molecular formula is C23H27NO3. The SMILES string of the molecule is COc1ccc(OC)c(CCC(=O)N(C2CC2)C2CCc3ccccc32)c1. The molecule has 0 aromatic heterocycles. The van der Waals surface area contributed by atoms with Gasteiger partial charge in [-0.1, -0.05) is 24.3 Å². The standard InChI is InChI=1S/C23H27NO3/c1-26-19-11-13-22(27-2)17(15-19)8-14-23(25)24(18-9-10-18)21-12-7-16-5-3-4-6-20(16)21/h3-6,11,13,15,18,21H,7-10,12,14H2,1-2H3. The fourth-order valence-corrected chi connectivity index (χ4v) is 4.26. The monoisotopic (exact) mass is 365 g/mol. The maximum Gasteiger partial charge on any atom is 0.223 e. The van der Waals surface area contributed by atoms with Crippen LogP contribution in [0.25, 0.3) is 0 Å². The highest BCUT2D eigenvalue weighted by atomic mass is 16.5. The first-order valence-corrected chi connectivity index (χ1v) is 9.81. The normalized spacial score (nSPS) is 18.1. The van der Waals surface area contributed by atoms with Crippen LogP contribution in [0, 0.1) is 0 Å². The second kappa shape index (κ2) is 7.63. The first kappa shape index (κ1) is 17.9. The lowest BCUT2D eigenvalue weighted by Gasteiger charge is -2.30. The summed E-state index contributed by atoms with van der Waals surface area (Å²) in [5.74, 6) is 1.86. The first-order chi connectivity index (χ1) is 13.2. The van der Waals surface area contributed by atoms with Gasteiger partial charge in [0.1, 0.15) is 11.5 Å². The fourth-order valence-electron chi connectivity index (χ4n) is 4.26. The van der Waals surface area contributed by atoms with E-state index in [4.69, 9.17) is 9.47 Å². The van der Waals surface area contributed by atoms with E-state index in [-0.39, 0.29) is 11.9 Å². The quantitative estimate of drug-likeness (QED) is 0.734. The molecule has 27 heavy (non-hydrogen) atoms. The number of ether oxygens (including phenoxy) is 2.